The molecule has 2 N–H and O–H groups in total. The van der Waals surface area contributed by atoms with E-state index >= 15 is 0 Å². The first-order chi connectivity index (χ1) is 13.9. The number of alkyl halides is 2. The van der Waals surface area contributed by atoms with Crippen LogP contribution in [-0.2, 0) is 4.79 Å². The predicted octanol–water partition coefficient (Wildman–Crippen LogP) is 2.78. The van der Waals surface area contributed by atoms with E-state index in [1.54, 1.807) is 0 Å². The molecule has 1 saturated carbocycles. The first-order valence-electron chi connectivity index (χ1n) is 10.0. The minimum atomic E-state index is -3.04. The van der Waals surface area contributed by atoms with E-state index in [9.17, 15) is 22.8 Å². The maximum absolute atomic E-state index is 13.9. The van der Waals surface area contributed by atoms with Crippen molar-refractivity contribution in [1.82, 2.24) is 15.5 Å². The topological polar surface area (TPSA) is 70.7 Å². The highest BCUT2D eigenvalue weighted by atomic mass is 19.3. The average molecular weight is 427 g/mol. The Hall–Kier alpha value is -2.29. The van der Waals surface area contributed by atoms with Crippen LogP contribution >= 0.6 is 0 Å². The molecule has 2 amide bonds. The largest absolute Gasteiger partial charge is 0.435 e. The van der Waals surface area contributed by atoms with E-state index in [4.69, 9.17) is 0 Å². The van der Waals surface area contributed by atoms with Crippen LogP contribution in [0.2, 0.25) is 0 Å². The SMILES string of the molecule is CC(C)(C)NC(=O)CN1CC2(CC(CNC(=O)c3cc(OC(F)F)ccc3F)C2)C1. The van der Waals surface area contributed by atoms with Gasteiger partial charge in [0.15, 0.2) is 0 Å². The van der Waals surface area contributed by atoms with Gasteiger partial charge in [-0.15, -0.1) is 0 Å². The zero-order chi connectivity index (χ0) is 22.1. The van der Waals surface area contributed by atoms with Crippen LogP contribution in [0.1, 0.15) is 44.0 Å². The van der Waals surface area contributed by atoms with Gasteiger partial charge in [0.05, 0.1) is 12.1 Å². The van der Waals surface area contributed by atoms with Gasteiger partial charge in [-0.1, -0.05) is 0 Å². The molecule has 0 bridgehead atoms. The second kappa shape index (κ2) is 8.45. The number of hydrogen-bond acceptors (Lipinski definition) is 4. The number of halogens is 3. The molecule has 2 aliphatic rings. The third-order valence-electron chi connectivity index (χ3n) is 5.40. The summed E-state index contributed by atoms with van der Waals surface area (Å²) in [4.78, 5) is 26.3. The van der Waals surface area contributed by atoms with Gasteiger partial charge < -0.3 is 15.4 Å². The normalized spacial score (nSPS) is 18.6. The smallest absolute Gasteiger partial charge is 0.387 e. The summed E-state index contributed by atoms with van der Waals surface area (Å²) in [6.07, 6.45) is 1.86. The Bertz CT molecular complexity index is 796. The molecule has 1 aromatic carbocycles. The van der Waals surface area contributed by atoms with Gasteiger partial charge in [0, 0.05) is 25.2 Å². The van der Waals surface area contributed by atoms with Crippen molar-refractivity contribution in [2.45, 2.75) is 45.8 Å². The minimum Gasteiger partial charge on any atom is -0.435 e. The molecule has 1 spiro atoms. The summed E-state index contributed by atoms with van der Waals surface area (Å²) in [6.45, 7) is 5.29. The van der Waals surface area contributed by atoms with E-state index in [2.05, 4.69) is 20.3 Å². The minimum absolute atomic E-state index is 0.0144. The summed E-state index contributed by atoms with van der Waals surface area (Å²) < 4.78 is 42.7. The monoisotopic (exact) mass is 427 g/mol. The lowest BCUT2D eigenvalue weighted by atomic mass is 9.57. The Morgan fingerprint density at radius 3 is 2.53 bits per heavy atom. The molecule has 9 heteroatoms. The molecule has 1 saturated heterocycles. The lowest BCUT2D eigenvalue weighted by Crippen LogP contribution is -2.64. The number of hydrogen-bond donors (Lipinski definition) is 2. The highest BCUT2D eigenvalue weighted by molar-refractivity contribution is 5.94. The van der Waals surface area contributed by atoms with Gasteiger partial charge in [-0.05, 0) is 63.1 Å². The zero-order valence-corrected chi connectivity index (χ0v) is 17.4. The van der Waals surface area contributed by atoms with Crippen molar-refractivity contribution >= 4 is 11.8 Å². The van der Waals surface area contributed by atoms with Crippen LogP contribution in [0.5, 0.6) is 5.75 Å². The average Bonchev–Trinajstić information content (AvgIpc) is 2.54. The molecule has 30 heavy (non-hydrogen) atoms. The first-order valence-corrected chi connectivity index (χ1v) is 10.0. The standard InChI is InChI=1S/C21H28F3N3O3/c1-20(2,3)26-17(28)10-27-11-21(12-27)7-13(8-21)9-25-18(29)15-6-14(30-19(23)24)4-5-16(15)22/h4-6,13,19H,7-12H2,1-3H3,(H,25,29)(H,26,28). The molecule has 0 unspecified atom stereocenters. The molecule has 0 atom stereocenters. The molecule has 1 aliphatic heterocycles. The molecule has 1 heterocycles. The Morgan fingerprint density at radius 1 is 1.27 bits per heavy atom. The van der Waals surface area contributed by atoms with Crippen LogP contribution < -0.4 is 15.4 Å². The maximum atomic E-state index is 13.9. The predicted molar refractivity (Wildman–Crippen MR) is 105 cm³/mol. The zero-order valence-electron chi connectivity index (χ0n) is 17.4. The fourth-order valence-corrected chi connectivity index (χ4v) is 4.43. The summed E-state index contributed by atoms with van der Waals surface area (Å²) in [6, 6.07) is 2.97. The Balaban J connectivity index is 1.39. The molecule has 2 fully saturated rings. The third kappa shape index (κ3) is 5.65. The number of ether oxygens (including phenoxy) is 1. The van der Waals surface area contributed by atoms with Gasteiger partial charge in [-0.25, -0.2) is 4.39 Å². The number of carbonyl (C=O) groups is 2. The Morgan fingerprint density at radius 2 is 1.93 bits per heavy atom. The quantitative estimate of drug-likeness (QED) is 0.702. The summed E-state index contributed by atoms with van der Waals surface area (Å²) in [7, 11) is 0. The van der Waals surface area contributed by atoms with E-state index in [-0.39, 0.29) is 34.1 Å². The van der Waals surface area contributed by atoms with Crippen molar-refractivity contribution in [3.63, 3.8) is 0 Å². The Labute approximate surface area is 174 Å². The molecular formula is C21H28F3N3O3. The van der Waals surface area contributed by atoms with Gasteiger partial charge in [-0.2, -0.15) is 8.78 Å². The number of amides is 2. The van der Waals surface area contributed by atoms with Crippen molar-refractivity contribution in [2.75, 3.05) is 26.2 Å². The molecule has 1 aromatic rings. The molecule has 0 aromatic heterocycles. The fourth-order valence-electron chi connectivity index (χ4n) is 4.43. The first kappa shape index (κ1) is 22.4. The van der Waals surface area contributed by atoms with Crippen LogP contribution in [0.25, 0.3) is 0 Å². The number of benzene rings is 1. The van der Waals surface area contributed by atoms with Crippen molar-refractivity contribution in [3.8, 4) is 5.75 Å². The van der Waals surface area contributed by atoms with Crippen LogP contribution in [0.3, 0.4) is 0 Å². The van der Waals surface area contributed by atoms with Crippen molar-refractivity contribution in [1.29, 1.82) is 0 Å². The molecule has 0 radical (unpaired) electrons. The maximum Gasteiger partial charge on any atom is 0.387 e. The lowest BCUT2D eigenvalue weighted by molar-refractivity contribution is -0.133. The van der Waals surface area contributed by atoms with Gasteiger partial charge in [0.25, 0.3) is 5.91 Å². The van der Waals surface area contributed by atoms with Crippen LogP contribution in [-0.4, -0.2) is 55.0 Å². The van der Waals surface area contributed by atoms with E-state index in [0.717, 1.165) is 44.1 Å². The fraction of sp³-hybridized carbons (Fsp3) is 0.619. The van der Waals surface area contributed by atoms with Crippen molar-refractivity contribution < 1.29 is 27.5 Å². The Kier molecular flexibility index (Phi) is 6.31. The summed E-state index contributed by atoms with van der Waals surface area (Å²) in [5.41, 5.74) is -0.362. The summed E-state index contributed by atoms with van der Waals surface area (Å²) in [5, 5.41) is 5.63. The van der Waals surface area contributed by atoms with Crippen LogP contribution in [0.15, 0.2) is 18.2 Å². The number of nitrogens with zero attached hydrogens (tertiary/aromatic N) is 1. The second-order valence-corrected chi connectivity index (χ2v) is 9.45. The second-order valence-electron chi connectivity index (χ2n) is 9.45. The van der Waals surface area contributed by atoms with Gasteiger partial charge in [-0.3, -0.25) is 14.5 Å². The lowest BCUT2D eigenvalue weighted by Gasteiger charge is -2.59. The molecular weight excluding hydrogens is 399 g/mol. The van der Waals surface area contributed by atoms with E-state index in [1.165, 1.54) is 0 Å². The number of rotatable bonds is 7. The number of nitrogens with one attached hydrogen (secondary N) is 2. The van der Waals surface area contributed by atoms with Gasteiger partial charge in [0.2, 0.25) is 5.91 Å². The van der Waals surface area contributed by atoms with Crippen molar-refractivity contribution in [2.24, 2.45) is 11.3 Å². The van der Waals surface area contributed by atoms with E-state index in [0.29, 0.717) is 13.1 Å². The summed E-state index contributed by atoms with van der Waals surface area (Å²) >= 11 is 0. The number of likely N-dealkylation sites (tertiary alicyclic amines) is 1. The van der Waals surface area contributed by atoms with Crippen LogP contribution in [0, 0.1) is 17.2 Å². The molecule has 1 aliphatic carbocycles. The highest BCUT2D eigenvalue weighted by Crippen LogP contribution is 2.51. The van der Waals surface area contributed by atoms with E-state index < -0.39 is 18.3 Å². The number of carbonyl (C=O) groups excluding carboxylic acids is 2. The van der Waals surface area contributed by atoms with Crippen LogP contribution in [0.4, 0.5) is 13.2 Å². The van der Waals surface area contributed by atoms with Crippen molar-refractivity contribution in [3.05, 3.63) is 29.6 Å². The molecule has 166 valence electrons. The summed E-state index contributed by atoms with van der Waals surface area (Å²) in [5.74, 6) is -1.41. The molecule has 6 nitrogen and oxygen atoms in total. The van der Waals surface area contributed by atoms with Gasteiger partial charge in [0.1, 0.15) is 11.6 Å². The highest BCUT2D eigenvalue weighted by Gasteiger charge is 2.52. The van der Waals surface area contributed by atoms with Gasteiger partial charge >= 0.3 is 6.61 Å². The third-order valence-corrected chi connectivity index (χ3v) is 5.40. The molecule has 3 rings (SSSR count). The van der Waals surface area contributed by atoms with E-state index in [1.807, 2.05) is 20.8 Å².